The predicted octanol–water partition coefficient (Wildman–Crippen LogP) is 4.32. The third-order valence-electron chi connectivity index (χ3n) is 4.55. The van der Waals surface area contributed by atoms with Crippen LogP contribution in [0.25, 0.3) is 0 Å². The number of hydrogen-bond acceptors (Lipinski definition) is 4. The molecule has 3 atom stereocenters. The zero-order valence-corrected chi connectivity index (χ0v) is 12.9. The van der Waals surface area contributed by atoms with Gasteiger partial charge in [0.1, 0.15) is 0 Å². The van der Waals surface area contributed by atoms with E-state index in [9.17, 15) is 10.1 Å². The first-order valence-electron chi connectivity index (χ1n) is 7.68. The van der Waals surface area contributed by atoms with Crippen molar-refractivity contribution in [2.24, 2.45) is 16.4 Å². The van der Waals surface area contributed by atoms with Crippen LogP contribution >= 0.6 is 0 Å². The summed E-state index contributed by atoms with van der Waals surface area (Å²) in [5.41, 5.74) is 2.66. The molecule has 0 amide bonds. The highest BCUT2D eigenvalue weighted by Gasteiger charge is 2.41. The van der Waals surface area contributed by atoms with E-state index in [1.54, 1.807) is 5.01 Å². The fourth-order valence-electron chi connectivity index (χ4n) is 3.36. The van der Waals surface area contributed by atoms with Crippen molar-refractivity contribution in [3.8, 4) is 0 Å². The minimum atomic E-state index is -0.251. The molecule has 0 spiro atoms. The Morgan fingerprint density at radius 1 is 1.00 bits per heavy atom. The number of oxime groups is 1. The lowest BCUT2D eigenvalue weighted by atomic mass is 9.81. The third-order valence-corrected chi connectivity index (χ3v) is 4.55. The molecule has 118 valence electrons. The summed E-state index contributed by atoms with van der Waals surface area (Å²) < 4.78 is 0. The molecule has 1 heterocycles. The standard InChI is InChI=1S/C18H19N3O2/c1-13-16(19-22)12-17(14-8-4-2-5-9-14)21(20-23)18(13)15-10-6-3-7-11-15/h2-11,13,17-18,22H,12H2,1H3/b19-16-/t13-,17+,18-/m1/s1. The van der Waals surface area contributed by atoms with Crippen molar-refractivity contribution in [2.75, 3.05) is 0 Å². The van der Waals surface area contributed by atoms with Gasteiger partial charge < -0.3 is 5.21 Å². The van der Waals surface area contributed by atoms with Gasteiger partial charge in [-0.1, -0.05) is 72.7 Å². The minimum absolute atomic E-state index is 0.0972. The maximum atomic E-state index is 11.6. The molecule has 2 aromatic rings. The Hall–Kier alpha value is -2.69. The highest BCUT2D eigenvalue weighted by atomic mass is 16.4. The molecule has 0 bridgehead atoms. The Kier molecular flexibility index (Phi) is 4.37. The van der Waals surface area contributed by atoms with Gasteiger partial charge >= 0.3 is 0 Å². The first-order valence-corrected chi connectivity index (χ1v) is 7.68. The molecule has 0 saturated carbocycles. The Balaban J connectivity index is 2.07. The molecule has 0 aliphatic carbocycles. The molecule has 5 nitrogen and oxygen atoms in total. The van der Waals surface area contributed by atoms with E-state index in [1.165, 1.54) is 0 Å². The molecule has 3 rings (SSSR count). The molecule has 0 aromatic heterocycles. The zero-order valence-electron chi connectivity index (χ0n) is 12.9. The normalized spacial score (nSPS) is 26.2. The molecular weight excluding hydrogens is 290 g/mol. The van der Waals surface area contributed by atoms with Crippen LogP contribution in [0.5, 0.6) is 0 Å². The minimum Gasteiger partial charge on any atom is -0.411 e. The van der Waals surface area contributed by atoms with Crippen molar-refractivity contribution in [3.05, 3.63) is 76.7 Å². The van der Waals surface area contributed by atoms with E-state index in [0.29, 0.717) is 12.1 Å². The van der Waals surface area contributed by atoms with Crippen LogP contribution in [0.2, 0.25) is 0 Å². The van der Waals surface area contributed by atoms with E-state index < -0.39 is 0 Å². The van der Waals surface area contributed by atoms with Crippen LogP contribution in [-0.4, -0.2) is 15.9 Å². The number of rotatable bonds is 3. The summed E-state index contributed by atoms with van der Waals surface area (Å²) in [7, 11) is 0. The molecular formula is C18H19N3O2. The monoisotopic (exact) mass is 309 g/mol. The van der Waals surface area contributed by atoms with Crippen LogP contribution in [0.15, 0.2) is 71.1 Å². The SMILES string of the molecule is C[C@@H]1/C(=N\O)C[C@@H](c2ccccc2)N(N=O)[C@H]1c1ccccc1. The fraction of sp³-hybridized carbons (Fsp3) is 0.278. The maximum absolute atomic E-state index is 11.6. The van der Waals surface area contributed by atoms with E-state index in [0.717, 1.165) is 11.1 Å². The van der Waals surface area contributed by atoms with E-state index >= 15 is 0 Å². The summed E-state index contributed by atoms with van der Waals surface area (Å²) in [5.74, 6) is -0.0972. The van der Waals surface area contributed by atoms with Crippen LogP contribution in [0.4, 0.5) is 0 Å². The van der Waals surface area contributed by atoms with Crippen molar-refractivity contribution in [1.82, 2.24) is 5.01 Å². The first kappa shape index (κ1) is 15.2. The van der Waals surface area contributed by atoms with Gasteiger partial charge in [0.15, 0.2) is 0 Å². The molecule has 23 heavy (non-hydrogen) atoms. The summed E-state index contributed by atoms with van der Waals surface area (Å²) in [6.45, 7) is 1.96. The highest BCUT2D eigenvalue weighted by Crippen LogP contribution is 2.43. The van der Waals surface area contributed by atoms with Gasteiger partial charge in [-0.3, -0.25) is 0 Å². The second-order valence-electron chi connectivity index (χ2n) is 5.83. The van der Waals surface area contributed by atoms with Gasteiger partial charge in [-0.05, 0) is 11.1 Å². The van der Waals surface area contributed by atoms with E-state index in [4.69, 9.17) is 0 Å². The summed E-state index contributed by atoms with van der Waals surface area (Å²) in [6.07, 6.45) is 0.483. The lowest BCUT2D eigenvalue weighted by molar-refractivity contribution is 0.0955. The van der Waals surface area contributed by atoms with Crippen LogP contribution in [-0.2, 0) is 0 Å². The van der Waals surface area contributed by atoms with Gasteiger partial charge in [-0.2, -0.15) is 0 Å². The average Bonchev–Trinajstić information content (AvgIpc) is 2.62. The maximum Gasteiger partial charge on any atom is 0.0838 e. The lowest BCUT2D eigenvalue weighted by Gasteiger charge is -2.42. The molecule has 1 aliphatic rings. The quantitative estimate of drug-likeness (QED) is 0.521. The second kappa shape index (κ2) is 6.60. The summed E-state index contributed by atoms with van der Waals surface area (Å²) >= 11 is 0. The summed E-state index contributed by atoms with van der Waals surface area (Å²) in [5, 5.41) is 17.8. The van der Waals surface area contributed by atoms with Crippen LogP contribution in [0.3, 0.4) is 0 Å². The summed E-state index contributed by atoms with van der Waals surface area (Å²) in [6, 6.07) is 19.0. The predicted molar refractivity (Wildman–Crippen MR) is 89.0 cm³/mol. The van der Waals surface area contributed by atoms with Crippen molar-refractivity contribution >= 4 is 5.71 Å². The van der Waals surface area contributed by atoms with Gasteiger partial charge in [-0.15, -0.1) is 4.91 Å². The Bertz CT molecular complexity index is 688. The first-order chi connectivity index (χ1) is 11.3. The number of benzene rings is 2. The smallest absolute Gasteiger partial charge is 0.0838 e. The number of piperidine rings is 1. The summed E-state index contributed by atoms with van der Waals surface area (Å²) in [4.78, 5) is 11.6. The van der Waals surface area contributed by atoms with Crippen LogP contribution < -0.4 is 0 Å². The van der Waals surface area contributed by atoms with Crippen LogP contribution in [0.1, 0.15) is 36.6 Å². The number of hydrogen-bond donors (Lipinski definition) is 1. The number of nitroso groups, excluding NO2 is 1. The molecule has 0 unspecified atom stereocenters. The van der Waals surface area contributed by atoms with Gasteiger partial charge in [0.05, 0.1) is 23.1 Å². The van der Waals surface area contributed by atoms with Gasteiger partial charge in [0, 0.05) is 12.3 Å². The van der Waals surface area contributed by atoms with E-state index in [-0.39, 0.29) is 18.0 Å². The van der Waals surface area contributed by atoms with Gasteiger partial charge in [0.2, 0.25) is 0 Å². The van der Waals surface area contributed by atoms with Crippen molar-refractivity contribution in [2.45, 2.75) is 25.4 Å². The molecule has 1 N–H and O–H groups in total. The Morgan fingerprint density at radius 2 is 1.57 bits per heavy atom. The molecule has 1 fully saturated rings. The third kappa shape index (κ3) is 2.82. The molecule has 0 radical (unpaired) electrons. The largest absolute Gasteiger partial charge is 0.411 e. The molecule has 1 aliphatic heterocycles. The second-order valence-corrected chi connectivity index (χ2v) is 5.83. The van der Waals surface area contributed by atoms with Crippen molar-refractivity contribution in [3.63, 3.8) is 0 Å². The van der Waals surface area contributed by atoms with Crippen molar-refractivity contribution in [1.29, 1.82) is 0 Å². The highest BCUT2D eigenvalue weighted by molar-refractivity contribution is 5.88. The number of nitrogens with zero attached hydrogens (tertiary/aromatic N) is 3. The molecule has 2 aromatic carbocycles. The topological polar surface area (TPSA) is 65.3 Å². The Morgan fingerprint density at radius 3 is 2.09 bits per heavy atom. The van der Waals surface area contributed by atoms with Gasteiger partial charge in [-0.25, -0.2) is 5.01 Å². The van der Waals surface area contributed by atoms with Crippen LogP contribution in [0, 0.1) is 10.8 Å². The van der Waals surface area contributed by atoms with E-state index in [2.05, 4.69) is 10.4 Å². The average molecular weight is 309 g/mol. The Labute approximate surface area is 135 Å². The van der Waals surface area contributed by atoms with Gasteiger partial charge in [0.25, 0.3) is 0 Å². The zero-order chi connectivity index (χ0) is 16.2. The lowest BCUT2D eigenvalue weighted by Crippen LogP contribution is -2.41. The molecule has 5 heteroatoms. The van der Waals surface area contributed by atoms with E-state index in [1.807, 2.05) is 67.6 Å². The van der Waals surface area contributed by atoms with Crippen molar-refractivity contribution < 1.29 is 5.21 Å². The molecule has 1 saturated heterocycles. The fourth-order valence-corrected chi connectivity index (χ4v) is 3.36.